The van der Waals surface area contributed by atoms with Crippen molar-refractivity contribution in [2.75, 3.05) is 31.1 Å². The van der Waals surface area contributed by atoms with Gasteiger partial charge in [-0.1, -0.05) is 12.1 Å². The van der Waals surface area contributed by atoms with E-state index in [-0.39, 0.29) is 24.9 Å². The molecule has 2 aliphatic heterocycles. The van der Waals surface area contributed by atoms with Gasteiger partial charge in [0, 0.05) is 32.1 Å². The molecule has 2 saturated heterocycles. The average Bonchev–Trinajstić information content (AvgIpc) is 3.09. The lowest BCUT2D eigenvalue weighted by atomic mass is 9.93. The van der Waals surface area contributed by atoms with Crippen molar-refractivity contribution >= 4 is 23.0 Å². The maximum Gasteiger partial charge on any atom is 0.298 e. The van der Waals surface area contributed by atoms with Gasteiger partial charge >= 0.3 is 0 Å². The third-order valence-corrected chi connectivity index (χ3v) is 5.31. The highest BCUT2D eigenvalue weighted by Crippen LogP contribution is 2.27. The van der Waals surface area contributed by atoms with Crippen molar-refractivity contribution in [3.63, 3.8) is 0 Å². The third kappa shape index (κ3) is 3.15. The number of oxazole rings is 1. The lowest BCUT2D eigenvalue weighted by molar-refractivity contribution is -0.153. The Bertz CT molecular complexity index is 741. The molecule has 1 unspecified atom stereocenters. The van der Waals surface area contributed by atoms with Gasteiger partial charge in [0.25, 0.3) is 6.01 Å². The largest absolute Gasteiger partial charge is 0.423 e. The number of anilines is 1. The lowest BCUT2D eigenvalue weighted by Crippen LogP contribution is -2.58. The van der Waals surface area contributed by atoms with E-state index in [9.17, 15) is 20.1 Å². The molecule has 4 rings (SSSR count). The van der Waals surface area contributed by atoms with E-state index in [0.717, 1.165) is 11.1 Å². The highest BCUT2D eigenvalue weighted by molar-refractivity contribution is 5.79. The molecule has 0 saturated carbocycles. The summed E-state index contributed by atoms with van der Waals surface area (Å²) in [5.74, 6) is -0.238. The van der Waals surface area contributed by atoms with Gasteiger partial charge in [-0.2, -0.15) is 4.98 Å². The van der Waals surface area contributed by atoms with Crippen LogP contribution < -0.4 is 4.90 Å². The number of aliphatic hydroxyl groups excluding tert-OH is 3. The molecule has 3 N–H and O–H groups in total. The number of likely N-dealkylation sites (tertiary alicyclic amines) is 1. The number of aliphatic hydroxyl groups is 3. The van der Waals surface area contributed by atoms with E-state index in [1.807, 2.05) is 29.2 Å². The summed E-state index contributed by atoms with van der Waals surface area (Å²) in [6, 6.07) is 8.17. The first kappa shape index (κ1) is 17.3. The highest BCUT2D eigenvalue weighted by atomic mass is 16.4. The van der Waals surface area contributed by atoms with Gasteiger partial charge in [-0.05, 0) is 25.0 Å². The number of amides is 1. The van der Waals surface area contributed by atoms with E-state index in [0.29, 0.717) is 31.9 Å². The average molecular weight is 361 g/mol. The molecule has 3 atom stereocenters. The van der Waals surface area contributed by atoms with Crippen LogP contribution in [0.5, 0.6) is 0 Å². The first-order valence-electron chi connectivity index (χ1n) is 8.96. The number of rotatable bonds is 2. The van der Waals surface area contributed by atoms with Gasteiger partial charge in [-0.15, -0.1) is 0 Å². The molecule has 8 heteroatoms. The molecule has 3 heterocycles. The van der Waals surface area contributed by atoms with Crippen LogP contribution in [0.4, 0.5) is 6.01 Å². The van der Waals surface area contributed by atoms with Crippen molar-refractivity contribution in [2.24, 2.45) is 5.92 Å². The minimum absolute atomic E-state index is 0.0579. The van der Waals surface area contributed by atoms with Crippen LogP contribution in [-0.2, 0) is 4.79 Å². The number of nitrogens with zero attached hydrogens (tertiary/aromatic N) is 3. The van der Waals surface area contributed by atoms with Crippen molar-refractivity contribution in [1.29, 1.82) is 0 Å². The number of β-amino-alcohol motifs (C(OH)–C–C–N with tert-alkyl or cyclic N) is 2. The fourth-order valence-electron chi connectivity index (χ4n) is 3.75. The topological polar surface area (TPSA) is 110 Å². The van der Waals surface area contributed by atoms with E-state index in [1.54, 1.807) is 0 Å². The normalized spacial score (nSPS) is 27.9. The quantitative estimate of drug-likeness (QED) is 0.689. The van der Waals surface area contributed by atoms with Crippen molar-refractivity contribution in [2.45, 2.75) is 31.2 Å². The summed E-state index contributed by atoms with van der Waals surface area (Å²) in [7, 11) is 0. The fraction of sp³-hybridized carbons (Fsp3) is 0.556. The van der Waals surface area contributed by atoms with Crippen LogP contribution in [0.2, 0.25) is 0 Å². The van der Waals surface area contributed by atoms with Gasteiger partial charge in [0.05, 0.1) is 0 Å². The number of aromatic nitrogens is 1. The Morgan fingerprint density at radius 2 is 1.73 bits per heavy atom. The van der Waals surface area contributed by atoms with Crippen LogP contribution in [0.15, 0.2) is 28.7 Å². The number of carbonyl (C=O) groups excluding carboxylic acids is 1. The van der Waals surface area contributed by atoms with Gasteiger partial charge < -0.3 is 29.5 Å². The molecule has 1 amide bonds. The molecule has 0 radical (unpaired) electrons. The van der Waals surface area contributed by atoms with Crippen LogP contribution in [0, 0.1) is 5.92 Å². The van der Waals surface area contributed by atoms with Gasteiger partial charge in [0.15, 0.2) is 5.58 Å². The summed E-state index contributed by atoms with van der Waals surface area (Å²) >= 11 is 0. The zero-order valence-corrected chi connectivity index (χ0v) is 14.4. The molecule has 1 aromatic heterocycles. The monoisotopic (exact) mass is 361 g/mol. The Labute approximate surface area is 150 Å². The lowest BCUT2D eigenvalue weighted by Gasteiger charge is -2.39. The van der Waals surface area contributed by atoms with E-state index >= 15 is 0 Å². The number of hydrogen-bond donors (Lipinski definition) is 3. The van der Waals surface area contributed by atoms with Crippen LogP contribution in [0.25, 0.3) is 11.1 Å². The molecule has 0 aliphatic carbocycles. The number of hydrogen-bond acceptors (Lipinski definition) is 7. The molecule has 2 aromatic rings. The molecule has 140 valence electrons. The fourth-order valence-corrected chi connectivity index (χ4v) is 3.75. The molecule has 26 heavy (non-hydrogen) atoms. The molecular formula is C18H23N3O5. The number of benzene rings is 1. The predicted molar refractivity (Wildman–Crippen MR) is 93.5 cm³/mol. The smallest absolute Gasteiger partial charge is 0.298 e. The Balaban J connectivity index is 1.38. The molecule has 2 fully saturated rings. The predicted octanol–water partition coefficient (Wildman–Crippen LogP) is -0.0309. The first-order chi connectivity index (χ1) is 12.5. The van der Waals surface area contributed by atoms with Gasteiger partial charge in [-0.25, -0.2) is 0 Å². The van der Waals surface area contributed by atoms with Crippen molar-refractivity contribution in [3.8, 4) is 0 Å². The Hall–Kier alpha value is -2.16. The standard InChI is InChI=1S/C18H23N3O5/c22-13-9-21(10-14(23)16(13)24)17(25)11-5-7-20(8-6-11)18-19-12-3-1-2-4-15(12)26-18/h1-4,11,13-14,16,22-24H,5-10H2/t13-,14+,16?. The number of fused-ring (bicyclic) bond motifs is 1. The maximum absolute atomic E-state index is 12.7. The molecule has 0 bridgehead atoms. The minimum Gasteiger partial charge on any atom is -0.423 e. The number of para-hydroxylation sites is 2. The van der Waals surface area contributed by atoms with Crippen molar-refractivity contribution in [1.82, 2.24) is 9.88 Å². The Morgan fingerprint density at radius 3 is 2.38 bits per heavy atom. The number of piperidine rings is 2. The van der Waals surface area contributed by atoms with Crippen LogP contribution in [0.3, 0.4) is 0 Å². The highest BCUT2D eigenvalue weighted by Gasteiger charge is 2.38. The third-order valence-electron chi connectivity index (χ3n) is 5.31. The van der Waals surface area contributed by atoms with Gasteiger partial charge in [0.1, 0.15) is 23.8 Å². The van der Waals surface area contributed by atoms with Crippen LogP contribution >= 0.6 is 0 Å². The molecular weight excluding hydrogens is 338 g/mol. The summed E-state index contributed by atoms with van der Waals surface area (Å²) in [4.78, 5) is 20.7. The summed E-state index contributed by atoms with van der Waals surface area (Å²) in [6.45, 7) is 1.43. The Morgan fingerprint density at radius 1 is 1.08 bits per heavy atom. The molecule has 0 spiro atoms. The summed E-state index contributed by atoms with van der Waals surface area (Å²) < 4.78 is 5.79. The van der Waals surface area contributed by atoms with E-state index in [1.165, 1.54) is 4.90 Å². The summed E-state index contributed by atoms with van der Waals surface area (Å²) in [5, 5.41) is 29.2. The molecule has 8 nitrogen and oxygen atoms in total. The molecule has 1 aromatic carbocycles. The van der Waals surface area contributed by atoms with Crippen LogP contribution in [0.1, 0.15) is 12.8 Å². The van der Waals surface area contributed by atoms with Gasteiger partial charge in [0.2, 0.25) is 5.91 Å². The van der Waals surface area contributed by atoms with E-state index in [4.69, 9.17) is 4.42 Å². The Kier molecular flexibility index (Phi) is 4.56. The van der Waals surface area contributed by atoms with Crippen molar-refractivity contribution < 1.29 is 24.5 Å². The summed E-state index contributed by atoms with van der Waals surface area (Å²) in [5.41, 5.74) is 1.56. The van der Waals surface area contributed by atoms with Gasteiger partial charge in [-0.3, -0.25) is 4.79 Å². The maximum atomic E-state index is 12.7. The second kappa shape index (κ2) is 6.86. The molecule has 2 aliphatic rings. The summed E-state index contributed by atoms with van der Waals surface area (Å²) in [6.07, 6.45) is -2.10. The second-order valence-electron chi connectivity index (χ2n) is 7.09. The van der Waals surface area contributed by atoms with Crippen LogP contribution in [-0.4, -0.2) is 75.6 Å². The SMILES string of the molecule is O=C(C1CCN(c2nc3ccccc3o2)CC1)N1C[C@@H](O)C(O)[C@@H](O)C1. The zero-order valence-electron chi connectivity index (χ0n) is 14.4. The van der Waals surface area contributed by atoms with E-state index < -0.39 is 18.3 Å². The first-order valence-corrected chi connectivity index (χ1v) is 8.96. The number of carbonyl (C=O) groups is 1. The van der Waals surface area contributed by atoms with E-state index in [2.05, 4.69) is 4.98 Å². The zero-order chi connectivity index (χ0) is 18.3. The second-order valence-corrected chi connectivity index (χ2v) is 7.09. The minimum atomic E-state index is -1.19. The van der Waals surface area contributed by atoms with Crippen molar-refractivity contribution in [3.05, 3.63) is 24.3 Å².